The molecule has 0 unspecified atom stereocenters. The van der Waals surface area contributed by atoms with Crippen LogP contribution in [0.1, 0.15) is 57.5 Å². The number of amides is 2. The number of fused-ring (bicyclic) bond motifs is 1. The predicted octanol–water partition coefficient (Wildman–Crippen LogP) is 4.86. The number of nitrogens with two attached hydrogens (primary N) is 1. The van der Waals surface area contributed by atoms with Crippen molar-refractivity contribution >= 4 is 40.0 Å². The maximum absolute atomic E-state index is 14.7. The predicted molar refractivity (Wildman–Crippen MR) is 136 cm³/mol. The van der Waals surface area contributed by atoms with Crippen LogP contribution in [-0.4, -0.2) is 50.6 Å². The monoisotopic (exact) mass is 596 g/mol. The van der Waals surface area contributed by atoms with Gasteiger partial charge >= 0.3 is 6.18 Å². The van der Waals surface area contributed by atoms with Crippen LogP contribution in [0.3, 0.4) is 0 Å². The summed E-state index contributed by atoms with van der Waals surface area (Å²) in [5.41, 5.74) is 2.27. The number of methoxy groups -OCH3 is 1. The first-order chi connectivity index (χ1) is 19.3. The quantitative estimate of drug-likeness (QED) is 0.270. The molecule has 0 aliphatic carbocycles. The maximum Gasteiger partial charge on any atom is 0.417 e. The molecule has 0 saturated carbocycles. The van der Waals surface area contributed by atoms with E-state index in [-0.39, 0.29) is 38.9 Å². The van der Waals surface area contributed by atoms with Crippen molar-refractivity contribution in [2.75, 3.05) is 12.4 Å². The van der Waals surface area contributed by atoms with Crippen molar-refractivity contribution in [3.05, 3.63) is 63.5 Å². The fourth-order valence-corrected chi connectivity index (χ4v) is 5.49. The zero-order valence-electron chi connectivity index (χ0n) is 21.5. The number of primary amides is 1. The number of aromatic amines is 1. The third kappa shape index (κ3) is 4.65. The van der Waals surface area contributed by atoms with Crippen LogP contribution in [0, 0.1) is 17.6 Å². The van der Waals surface area contributed by atoms with E-state index in [1.54, 1.807) is 5.38 Å². The van der Waals surface area contributed by atoms with Gasteiger partial charge in [-0.05, 0) is 13.0 Å². The minimum Gasteiger partial charge on any atom is -0.493 e. The molecule has 0 bridgehead atoms. The molecular formula is C25H21F5N6O4S. The number of alkyl halides is 3. The Morgan fingerprint density at radius 1 is 1.24 bits per heavy atom. The highest BCUT2D eigenvalue weighted by Gasteiger charge is 2.65. The number of nitrogens with one attached hydrogen (secondary N) is 2. The molecule has 10 nitrogen and oxygen atoms in total. The van der Waals surface area contributed by atoms with E-state index in [4.69, 9.17) is 15.2 Å². The van der Waals surface area contributed by atoms with E-state index in [9.17, 15) is 31.5 Å². The number of pyridine rings is 1. The zero-order chi connectivity index (χ0) is 29.9. The van der Waals surface area contributed by atoms with Gasteiger partial charge in [-0.2, -0.15) is 17.6 Å². The molecule has 216 valence electrons. The first kappa shape index (κ1) is 28.4. The second-order valence-corrected chi connectivity index (χ2v) is 10.4. The van der Waals surface area contributed by atoms with E-state index < -0.39 is 58.9 Å². The Labute approximate surface area is 232 Å². The van der Waals surface area contributed by atoms with Gasteiger partial charge in [0.15, 0.2) is 27.9 Å². The molecule has 3 aromatic heterocycles. The summed E-state index contributed by atoms with van der Waals surface area (Å²) in [5, 5.41) is 4.17. The minimum absolute atomic E-state index is 0.0815. The van der Waals surface area contributed by atoms with Crippen molar-refractivity contribution < 1.29 is 41.0 Å². The van der Waals surface area contributed by atoms with Crippen LogP contribution in [0.2, 0.25) is 0 Å². The van der Waals surface area contributed by atoms with Crippen LogP contribution in [0.25, 0.3) is 11.0 Å². The molecule has 1 fully saturated rings. The summed E-state index contributed by atoms with van der Waals surface area (Å²) >= 11 is 1.06. The smallest absolute Gasteiger partial charge is 0.417 e. The van der Waals surface area contributed by atoms with Gasteiger partial charge in [0.25, 0.3) is 11.8 Å². The molecule has 0 spiro atoms. The van der Waals surface area contributed by atoms with E-state index >= 15 is 0 Å². The fourth-order valence-electron chi connectivity index (χ4n) is 4.96. The van der Waals surface area contributed by atoms with Crippen LogP contribution in [-0.2, 0) is 4.74 Å². The molecule has 41 heavy (non-hydrogen) atoms. The highest BCUT2D eigenvalue weighted by molar-refractivity contribution is 7.11. The summed E-state index contributed by atoms with van der Waals surface area (Å²) in [7, 11) is 1.06. The first-order valence-corrected chi connectivity index (χ1v) is 12.8. The number of H-pyrrole nitrogens is 1. The molecule has 16 heteroatoms. The average molecular weight is 597 g/mol. The summed E-state index contributed by atoms with van der Waals surface area (Å²) < 4.78 is 82.3. The lowest BCUT2D eigenvalue weighted by molar-refractivity contribution is -0.275. The van der Waals surface area contributed by atoms with E-state index in [1.165, 1.54) is 19.2 Å². The molecule has 4 heterocycles. The number of halogens is 5. The van der Waals surface area contributed by atoms with Gasteiger partial charge in [0.1, 0.15) is 23.3 Å². The van der Waals surface area contributed by atoms with Crippen molar-refractivity contribution in [1.82, 2.24) is 19.9 Å². The fraction of sp³-hybridized carbons (Fsp3) is 0.320. The van der Waals surface area contributed by atoms with Crippen molar-refractivity contribution in [2.45, 2.75) is 37.6 Å². The third-order valence-corrected chi connectivity index (χ3v) is 7.94. The van der Waals surface area contributed by atoms with Crippen molar-refractivity contribution in [2.24, 2.45) is 11.7 Å². The van der Waals surface area contributed by atoms with Gasteiger partial charge in [0.2, 0.25) is 5.82 Å². The Hall–Kier alpha value is -4.18. The number of nitrogens with zero attached hydrogens (tertiary/aromatic N) is 3. The van der Waals surface area contributed by atoms with E-state index in [0.717, 1.165) is 37.5 Å². The number of carbonyl (C=O) groups excluding carboxylic acids is 2. The highest BCUT2D eigenvalue weighted by Crippen LogP contribution is 2.59. The lowest BCUT2D eigenvalue weighted by Gasteiger charge is -2.32. The van der Waals surface area contributed by atoms with Crippen molar-refractivity contribution in [3.8, 4) is 5.75 Å². The Bertz CT molecular complexity index is 1660. The standard InChI is InChI=1S/C25H21F5N6O4S/c1-9-14(10-4-5-11(26)15(27)18(10)39-3)19(40-24(9,2)25(28,29)30)21-33-12-8-13(34-17(20(31)37)16(12)36-21)35-22(38)23-32-6-7-41-23/h4-9,14,19H,1-3H3,(H2,31,37)(H,33,36)(H,34,35,38)/t9-,14-,19+,24+/m0/s1. The molecule has 4 atom stereocenters. The number of anilines is 1. The second-order valence-electron chi connectivity index (χ2n) is 9.47. The molecule has 4 aromatic rings. The molecule has 4 N–H and O–H groups in total. The third-order valence-electron chi connectivity index (χ3n) is 7.17. The topological polar surface area (TPSA) is 145 Å². The number of carbonyl (C=O) groups is 2. The number of imidazole rings is 1. The first-order valence-electron chi connectivity index (χ1n) is 11.9. The second kappa shape index (κ2) is 10.0. The van der Waals surface area contributed by atoms with Gasteiger partial charge in [-0.1, -0.05) is 13.0 Å². The summed E-state index contributed by atoms with van der Waals surface area (Å²) in [6.45, 7) is 2.12. The molecule has 5 rings (SSSR count). The molecule has 0 radical (unpaired) electrons. The van der Waals surface area contributed by atoms with Gasteiger partial charge in [-0.15, -0.1) is 11.3 Å². The van der Waals surface area contributed by atoms with Crippen LogP contribution in [0.15, 0.2) is 29.8 Å². The SMILES string of the molecule is COc1c([C@H]2[C@H](c3nc4c(C(N)=O)nc(NC(=O)c5nccs5)cc4[nH]3)O[C@@](C)(C(F)(F)F)[C@H]2C)ccc(F)c1F. The average Bonchev–Trinajstić information content (AvgIpc) is 3.64. The summed E-state index contributed by atoms with van der Waals surface area (Å²) in [4.78, 5) is 39.8. The Kier molecular flexibility index (Phi) is 6.93. The lowest BCUT2D eigenvalue weighted by Crippen LogP contribution is -2.46. The summed E-state index contributed by atoms with van der Waals surface area (Å²) in [6.07, 6.45) is -4.95. The largest absolute Gasteiger partial charge is 0.493 e. The number of rotatable bonds is 6. The molecule has 1 aliphatic rings. The van der Waals surface area contributed by atoms with Crippen LogP contribution >= 0.6 is 11.3 Å². The number of hydrogen-bond donors (Lipinski definition) is 3. The Balaban J connectivity index is 1.65. The molecule has 1 saturated heterocycles. The Morgan fingerprint density at radius 3 is 2.59 bits per heavy atom. The van der Waals surface area contributed by atoms with Gasteiger partial charge < -0.3 is 25.5 Å². The minimum atomic E-state index is -4.87. The zero-order valence-corrected chi connectivity index (χ0v) is 22.3. The molecular weight excluding hydrogens is 575 g/mol. The molecule has 2 amide bonds. The lowest BCUT2D eigenvalue weighted by atomic mass is 9.77. The molecule has 1 aliphatic heterocycles. The summed E-state index contributed by atoms with van der Waals surface area (Å²) in [5.74, 6) is -7.74. The van der Waals surface area contributed by atoms with Crippen LogP contribution in [0.5, 0.6) is 5.75 Å². The molecule has 1 aromatic carbocycles. The van der Waals surface area contributed by atoms with Gasteiger partial charge in [0.05, 0.1) is 12.6 Å². The maximum atomic E-state index is 14.7. The van der Waals surface area contributed by atoms with E-state index in [0.29, 0.717) is 0 Å². The summed E-state index contributed by atoms with van der Waals surface area (Å²) in [6, 6.07) is 3.21. The van der Waals surface area contributed by atoms with Gasteiger partial charge in [-0.3, -0.25) is 9.59 Å². The van der Waals surface area contributed by atoms with E-state index in [2.05, 4.69) is 25.3 Å². The number of hydrogen-bond acceptors (Lipinski definition) is 8. The number of ether oxygens (including phenoxy) is 2. The highest BCUT2D eigenvalue weighted by atomic mass is 32.1. The van der Waals surface area contributed by atoms with Crippen molar-refractivity contribution in [1.29, 1.82) is 0 Å². The number of benzene rings is 1. The van der Waals surface area contributed by atoms with E-state index in [1.807, 2.05) is 0 Å². The van der Waals surface area contributed by atoms with Crippen LogP contribution < -0.4 is 15.8 Å². The van der Waals surface area contributed by atoms with Crippen LogP contribution in [0.4, 0.5) is 27.8 Å². The normalized spacial score (nSPS) is 22.7. The van der Waals surface area contributed by atoms with Gasteiger partial charge in [-0.25, -0.2) is 19.3 Å². The number of aromatic nitrogens is 4. The number of thiazole rings is 1. The Morgan fingerprint density at radius 2 is 1.98 bits per heavy atom. The van der Waals surface area contributed by atoms with Gasteiger partial charge in [0, 0.05) is 35.0 Å². The van der Waals surface area contributed by atoms with Crippen molar-refractivity contribution in [3.63, 3.8) is 0 Å².